The van der Waals surface area contributed by atoms with Crippen molar-refractivity contribution in [1.29, 1.82) is 5.26 Å². The minimum Gasteiger partial charge on any atom is -0.445 e. The third-order valence-corrected chi connectivity index (χ3v) is 4.07. The zero-order valence-electron chi connectivity index (χ0n) is 14.9. The number of alkyl carbamates (subject to hydrolysis) is 1. The van der Waals surface area contributed by atoms with Crippen LogP contribution >= 0.6 is 0 Å². The molecule has 0 aromatic heterocycles. The van der Waals surface area contributed by atoms with Gasteiger partial charge in [0.1, 0.15) is 18.7 Å². The lowest BCUT2D eigenvalue weighted by Gasteiger charge is -2.27. The van der Waals surface area contributed by atoms with E-state index in [1.165, 1.54) is 0 Å². The summed E-state index contributed by atoms with van der Waals surface area (Å²) in [5.74, 6) is -0.222. The molecule has 2 rings (SSSR count). The first-order chi connectivity index (χ1) is 12.5. The van der Waals surface area contributed by atoms with Gasteiger partial charge in [-0.15, -0.1) is 0 Å². The van der Waals surface area contributed by atoms with Crippen molar-refractivity contribution < 1.29 is 14.3 Å². The van der Waals surface area contributed by atoms with Gasteiger partial charge in [-0.1, -0.05) is 36.9 Å². The Morgan fingerprint density at radius 1 is 1.42 bits per heavy atom. The average molecular weight is 356 g/mol. The van der Waals surface area contributed by atoms with E-state index in [-0.39, 0.29) is 19.1 Å². The number of nitriles is 1. The van der Waals surface area contributed by atoms with E-state index in [1.54, 1.807) is 11.8 Å². The van der Waals surface area contributed by atoms with E-state index in [1.807, 2.05) is 30.3 Å². The largest absolute Gasteiger partial charge is 0.445 e. The smallest absolute Gasteiger partial charge is 0.407 e. The molecule has 1 aromatic carbocycles. The summed E-state index contributed by atoms with van der Waals surface area (Å²) < 4.78 is 5.15. The molecule has 0 saturated carbocycles. The van der Waals surface area contributed by atoms with Crippen LogP contribution in [0.2, 0.25) is 0 Å². The molecule has 0 spiro atoms. The van der Waals surface area contributed by atoms with Gasteiger partial charge in [0.25, 0.3) is 0 Å². The van der Waals surface area contributed by atoms with Gasteiger partial charge in [-0.05, 0) is 25.3 Å². The maximum Gasteiger partial charge on any atom is 0.407 e. The molecular weight excluding hydrogens is 332 g/mol. The minimum atomic E-state index is -0.689. The Bertz CT molecular complexity index is 684. The first-order valence-electron chi connectivity index (χ1n) is 8.58. The van der Waals surface area contributed by atoms with Crippen molar-refractivity contribution in [3.05, 3.63) is 48.2 Å². The van der Waals surface area contributed by atoms with E-state index in [9.17, 15) is 14.9 Å². The Balaban J connectivity index is 1.88. The first kappa shape index (κ1) is 19.3. The van der Waals surface area contributed by atoms with Crippen molar-refractivity contribution in [2.75, 3.05) is 13.1 Å². The maximum atomic E-state index is 12.7. The van der Waals surface area contributed by atoms with Crippen LogP contribution in [0.15, 0.2) is 42.6 Å². The number of carbonyl (C=O) groups excluding carboxylic acids is 2. The molecular formula is C19H24N4O3. The summed E-state index contributed by atoms with van der Waals surface area (Å²) in [5.41, 5.74) is 1.49. The van der Waals surface area contributed by atoms with Crippen LogP contribution in [-0.2, 0) is 16.1 Å². The Morgan fingerprint density at radius 2 is 2.15 bits per heavy atom. The molecule has 0 unspecified atom stereocenters. The highest BCUT2D eigenvalue weighted by Crippen LogP contribution is 2.17. The Morgan fingerprint density at radius 3 is 2.81 bits per heavy atom. The molecule has 1 fully saturated rings. The third kappa shape index (κ3) is 5.52. The second kappa shape index (κ2) is 9.47. The molecule has 26 heavy (non-hydrogen) atoms. The zero-order valence-corrected chi connectivity index (χ0v) is 14.9. The van der Waals surface area contributed by atoms with E-state index in [0.717, 1.165) is 12.0 Å². The number of rotatable bonds is 7. The summed E-state index contributed by atoms with van der Waals surface area (Å²) >= 11 is 0. The molecule has 138 valence electrons. The topological polar surface area (TPSA) is 94.5 Å². The Hall–Kier alpha value is -3.01. The molecule has 0 bridgehead atoms. The quantitative estimate of drug-likeness (QED) is 0.778. The molecule has 2 amide bonds. The van der Waals surface area contributed by atoms with Gasteiger partial charge in [0.05, 0.1) is 12.6 Å². The molecule has 1 aromatic rings. The van der Waals surface area contributed by atoms with Gasteiger partial charge in [-0.3, -0.25) is 4.79 Å². The van der Waals surface area contributed by atoms with Crippen LogP contribution in [0.4, 0.5) is 4.79 Å². The summed E-state index contributed by atoms with van der Waals surface area (Å²) in [6, 6.07) is 10.4. The van der Waals surface area contributed by atoms with Crippen LogP contribution in [0.1, 0.15) is 25.3 Å². The highest BCUT2D eigenvalue weighted by Gasteiger charge is 2.33. The summed E-state index contributed by atoms with van der Waals surface area (Å²) in [6.45, 7) is 6.24. The molecule has 1 aliphatic heterocycles. The van der Waals surface area contributed by atoms with E-state index >= 15 is 0 Å². The number of amides is 2. The van der Waals surface area contributed by atoms with Crippen molar-refractivity contribution in [1.82, 2.24) is 15.5 Å². The fourth-order valence-electron chi connectivity index (χ4n) is 2.82. The molecule has 0 radical (unpaired) electrons. The monoisotopic (exact) mass is 356 g/mol. The summed E-state index contributed by atoms with van der Waals surface area (Å²) in [4.78, 5) is 26.2. The standard InChI is InChI=1S/C19H24N4O3/c1-14(2)22-17(18(24)23-10-6-9-16(23)11-20)12-21-19(25)26-13-15-7-4-3-5-8-15/h3-5,7-8,16-17,22H,1,6,9-10,12-13H2,2H3,(H,21,25)/t16-,17-/m0/s1. The highest BCUT2D eigenvalue weighted by molar-refractivity contribution is 5.84. The molecule has 0 aliphatic carbocycles. The van der Waals surface area contributed by atoms with Crippen LogP contribution < -0.4 is 10.6 Å². The fourth-order valence-corrected chi connectivity index (χ4v) is 2.82. The normalized spacial score (nSPS) is 17.1. The van der Waals surface area contributed by atoms with E-state index in [4.69, 9.17) is 4.74 Å². The van der Waals surface area contributed by atoms with Gasteiger partial charge in [0.15, 0.2) is 0 Å². The van der Waals surface area contributed by atoms with Gasteiger partial charge >= 0.3 is 6.09 Å². The van der Waals surface area contributed by atoms with Crippen molar-refractivity contribution in [3.8, 4) is 6.07 Å². The maximum absolute atomic E-state index is 12.7. The van der Waals surface area contributed by atoms with Crippen LogP contribution in [-0.4, -0.2) is 42.1 Å². The molecule has 7 heteroatoms. The third-order valence-electron chi connectivity index (χ3n) is 4.07. The second-order valence-electron chi connectivity index (χ2n) is 6.24. The zero-order chi connectivity index (χ0) is 18.9. The van der Waals surface area contributed by atoms with Gasteiger partial charge in [-0.2, -0.15) is 5.26 Å². The molecule has 2 atom stereocenters. The fraction of sp³-hybridized carbons (Fsp3) is 0.421. The molecule has 2 N–H and O–H groups in total. The van der Waals surface area contributed by atoms with Crippen molar-refractivity contribution in [2.45, 2.75) is 38.5 Å². The van der Waals surface area contributed by atoms with Gasteiger partial charge in [0.2, 0.25) is 5.91 Å². The Labute approximate surface area is 153 Å². The van der Waals surface area contributed by atoms with Crippen molar-refractivity contribution in [3.63, 3.8) is 0 Å². The van der Waals surface area contributed by atoms with Crippen LogP contribution in [0.3, 0.4) is 0 Å². The van der Waals surface area contributed by atoms with Crippen LogP contribution in [0.25, 0.3) is 0 Å². The number of likely N-dealkylation sites (tertiary alicyclic amines) is 1. The van der Waals surface area contributed by atoms with Crippen molar-refractivity contribution in [2.24, 2.45) is 0 Å². The highest BCUT2D eigenvalue weighted by atomic mass is 16.5. The number of nitrogens with zero attached hydrogens (tertiary/aromatic N) is 2. The average Bonchev–Trinajstić information content (AvgIpc) is 3.12. The molecule has 1 saturated heterocycles. The summed E-state index contributed by atoms with van der Waals surface area (Å²) in [5, 5.41) is 14.7. The molecule has 1 aliphatic rings. The van der Waals surface area contributed by atoms with Crippen LogP contribution in [0, 0.1) is 11.3 Å². The number of hydrogen-bond donors (Lipinski definition) is 2. The number of hydrogen-bond acceptors (Lipinski definition) is 5. The molecule has 7 nitrogen and oxygen atoms in total. The van der Waals surface area contributed by atoms with E-state index in [2.05, 4.69) is 23.3 Å². The predicted molar refractivity (Wildman–Crippen MR) is 96.7 cm³/mol. The van der Waals surface area contributed by atoms with Crippen LogP contribution in [0.5, 0.6) is 0 Å². The second-order valence-corrected chi connectivity index (χ2v) is 6.24. The predicted octanol–water partition coefficient (Wildman–Crippen LogP) is 1.92. The Kier molecular flexibility index (Phi) is 7.03. The lowest BCUT2D eigenvalue weighted by Crippen LogP contribution is -2.52. The number of benzene rings is 1. The summed E-state index contributed by atoms with van der Waals surface area (Å²) in [6.07, 6.45) is 0.874. The first-order valence-corrected chi connectivity index (χ1v) is 8.58. The number of carbonyl (C=O) groups is 2. The van der Waals surface area contributed by atoms with Gasteiger partial charge < -0.3 is 20.3 Å². The number of ether oxygens (including phenoxy) is 1. The summed E-state index contributed by atoms with van der Waals surface area (Å²) in [7, 11) is 0. The van der Waals surface area contributed by atoms with Gasteiger partial charge in [-0.25, -0.2) is 4.79 Å². The SMILES string of the molecule is C=C(C)N[C@@H](CNC(=O)OCc1ccccc1)C(=O)N1CCC[C@H]1C#N. The van der Waals surface area contributed by atoms with Crippen molar-refractivity contribution >= 4 is 12.0 Å². The lowest BCUT2D eigenvalue weighted by molar-refractivity contribution is -0.133. The number of nitrogens with one attached hydrogen (secondary N) is 2. The van der Waals surface area contributed by atoms with Gasteiger partial charge in [0, 0.05) is 12.2 Å². The van der Waals surface area contributed by atoms with E-state index < -0.39 is 18.2 Å². The minimum absolute atomic E-state index is 0.0496. The lowest BCUT2D eigenvalue weighted by atomic mass is 10.2. The molecule has 1 heterocycles. The number of allylic oxidation sites excluding steroid dienone is 1. The van der Waals surface area contributed by atoms with E-state index in [0.29, 0.717) is 18.7 Å².